The second-order valence-corrected chi connectivity index (χ2v) is 6.08. The first-order valence-corrected chi connectivity index (χ1v) is 8.04. The van der Waals surface area contributed by atoms with E-state index in [0.29, 0.717) is 24.6 Å². The number of nitrogens with zero attached hydrogens (tertiary/aromatic N) is 2. The van der Waals surface area contributed by atoms with Gasteiger partial charge in [0.05, 0.1) is 6.54 Å². The number of ether oxygens (including phenoxy) is 1. The molecule has 0 aliphatic carbocycles. The number of nitrogens with one attached hydrogen (secondary N) is 1. The third kappa shape index (κ3) is 4.21. The molecular weight excluding hydrogens is 326 g/mol. The Hall–Kier alpha value is -2.74. The predicted octanol–water partition coefficient (Wildman–Crippen LogP) is 1.15. The molecule has 3 atom stereocenters. The fourth-order valence-electron chi connectivity index (χ4n) is 2.79. The van der Waals surface area contributed by atoms with E-state index in [1.54, 1.807) is 6.92 Å². The summed E-state index contributed by atoms with van der Waals surface area (Å²) in [7, 11) is 0. The second-order valence-electron chi connectivity index (χ2n) is 6.08. The van der Waals surface area contributed by atoms with Gasteiger partial charge >= 0.3 is 5.97 Å². The van der Waals surface area contributed by atoms with Crippen molar-refractivity contribution in [3.8, 4) is 0 Å². The summed E-state index contributed by atoms with van der Waals surface area (Å²) >= 11 is 0. The molecule has 8 nitrogen and oxygen atoms in total. The first kappa shape index (κ1) is 17.1. The van der Waals surface area contributed by atoms with E-state index >= 15 is 0 Å². The van der Waals surface area contributed by atoms with E-state index in [9.17, 15) is 9.59 Å². The van der Waals surface area contributed by atoms with Crippen LogP contribution in [0.2, 0.25) is 0 Å². The molecule has 1 aromatic heterocycles. The van der Waals surface area contributed by atoms with Crippen molar-refractivity contribution in [3.63, 3.8) is 0 Å². The molecule has 0 radical (unpaired) electrons. The average molecular weight is 345 g/mol. The van der Waals surface area contributed by atoms with Crippen molar-refractivity contribution < 1.29 is 24.0 Å². The number of aromatic nitrogens is 2. The summed E-state index contributed by atoms with van der Waals surface area (Å²) in [5.74, 6) is -0.815. The fourth-order valence-corrected chi connectivity index (χ4v) is 2.79. The normalized spacial score (nSPS) is 22.7. The maximum atomic E-state index is 12.1. The molecule has 2 N–H and O–H groups in total. The van der Waals surface area contributed by atoms with Crippen LogP contribution in [0.1, 0.15) is 30.6 Å². The van der Waals surface area contributed by atoms with Gasteiger partial charge in [-0.3, -0.25) is 4.79 Å². The van der Waals surface area contributed by atoms with E-state index in [2.05, 4.69) is 15.5 Å². The van der Waals surface area contributed by atoms with Gasteiger partial charge in [-0.05, 0) is 17.9 Å². The molecule has 0 saturated carbocycles. The first-order valence-electron chi connectivity index (χ1n) is 8.04. The van der Waals surface area contributed by atoms with Gasteiger partial charge in [0.2, 0.25) is 11.8 Å². The topological polar surface area (TPSA) is 115 Å². The molecule has 1 amide bonds. The third-order valence-electron chi connectivity index (χ3n) is 4.08. The summed E-state index contributed by atoms with van der Waals surface area (Å²) in [6.45, 7) is 1.83. The van der Waals surface area contributed by atoms with Gasteiger partial charge in [0.25, 0.3) is 0 Å². The molecule has 2 aromatic rings. The average Bonchev–Trinajstić information content (AvgIpc) is 3.20. The molecule has 0 spiro atoms. The van der Waals surface area contributed by atoms with Crippen LogP contribution < -0.4 is 5.32 Å². The van der Waals surface area contributed by atoms with E-state index in [-0.39, 0.29) is 18.4 Å². The summed E-state index contributed by atoms with van der Waals surface area (Å²) in [6, 6.07) is 9.74. The van der Waals surface area contributed by atoms with Crippen molar-refractivity contribution >= 4 is 11.9 Å². The summed E-state index contributed by atoms with van der Waals surface area (Å²) in [5.41, 5.74) is 1.06. The van der Waals surface area contributed by atoms with Crippen LogP contribution in [0.5, 0.6) is 0 Å². The maximum Gasteiger partial charge on any atom is 0.333 e. The molecule has 1 aromatic carbocycles. The number of aliphatic carboxylic acids is 1. The van der Waals surface area contributed by atoms with E-state index in [4.69, 9.17) is 14.4 Å². The smallest absolute Gasteiger partial charge is 0.333 e. The zero-order valence-corrected chi connectivity index (χ0v) is 13.7. The summed E-state index contributed by atoms with van der Waals surface area (Å²) in [6.07, 6.45) is -0.812. The van der Waals surface area contributed by atoms with Crippen LogP contribution in [0.4, 0.5) is 0 Å². The SMILES string of the molecule is C[C@@H]1C[C@H](C(=O)NCc2nc(Cc3ccccc3)no2)O[C@H]1C(=O)O. The van der Waals surface area contributed by atoms with E-state index < -0.39 is 18.2 Å². The molecule has 1 aliphatic rings. The summed E-state index contributed by atoms with van der Waals surface area (Å²) in [5, 5.41) is 15.6. The van der Waals surface area contributed by atoms with Crippen LogP contribution in [0, 0.1) is 5.92 Å². The molecule has 1 fully saturated rings. The predicted molar refractivity (Wildman–Crippen MR) is 85.5 cm³/mol. The molecule has 2 heterocycles. The Kier molecular flexibility index (Phi) is 5.08. The monoisotopic (exact) mass is 345 g/mol. The molecule has 3 rings (SSSR count). The van der Waals surface area contributed by atoms with Crippen LogP contribution >= 0.6 is 0 Å². The fraction of sp³-hybridized carbons (Fsp3) is 0.412. The highest BCUT2D eigenvalue weighted by molar-refractivity contribution is 5.82. The number of hydrogen-bond donors (Lipinski definition) is 2. The van der Waals surface area contributed by atoms with Crippen molar-refractivity contribution in [2.24, 2.45) is 5.92 Å². The molecule has 8 heteroatoms. The summed E-state index contributed by atoms with van der Waals surface area (Å²) < 4.78 is 10.4. The van der Waals surface area contributed by atoms with Gasteiger partial charge in [-0.2, -0.15) is 4.98 Å². The Morgan fingerprint density at radius 3 is 2.76 bits per heavy atom. The molecule has 25 heavy (non-hydrogen) atoms. The maximum absolute atomic E-state index is 12.1. The standard InChI is InChI=1S/C17H19N3O5/c1-10-7-12(24-15(10)17(22)23)16(21)18-9-14-19-13(20-25-14)8-11-5-3-2-4-6-11/h2-6,10,12,15H,7-9H2,1H3,(H,18,21)(H,22,23)/t10-,12-,15-/m1/s1. The van der Waals surface area contributed by atoms with Gasteiger partial charge in [-0.1, -0.05) is 42.4 Å². The van der Waals surface area contributed by atoms with Crippen molar-refractivity contribution in [1.82, 2.24) is 15.5 Å². The van der Waals surface area contributed by atoms with Crippen LogP contribution in [-0.4, -0.2) is 39.3 Å². The minimum atomic E-state index is -1.05. The lowest BCUT2D eigenvalue weighted by atomic mass is 10.0. The van der Waals surface area contributed by atoms with Crippen molar-refractivity contribution in [1.29, 1.82) is 0 Å². The van der Waals surface area contributed by atoms with Crippen LogP contribution in [0.3, 0.4) is 0 Å². The van der Waals surface area contributed by atoms with Crippen molar-refractivity contribution in [2.75, 3.05) is 0 Å². The van der Waals surface area contributed by atoms with Gasteiger partial charge < -0.3 is 19.7 Å². The van der Waals surface area contributed by atoms with E-state index in [0.717, 1.165) is 5.56 Å². The Labute approximate surface area is 144 Å². The second kappa shape index (κ2) is 7.43. The lowest BCUT2D eigenvalue weighted by Gasteiger charge is -2.10. The number of carboxylic acid groups (broad SMARTS) is 1. The van der Waals surface area contributed by atoms with E-state index in [1.807, 2.05) is 30.3 Å². The Balaban J connectivity index is 1.51. The van der Waals surface area contributed by atoms with Crippen LogP contribution in [0.15, 0.2) is 34.9 Å². The number of hydrogen-bond acceptors (Lipinski definition) is 6. The zero-order valence-electron chi connectivity index (χ0n) is 13.7. The minimum absolute atomic E-state index is 0.0760. The largest absolute Gasteiger partial charge is 0.479 e. The number of carbonyl (C=O) groups is 2. The Bertz CT molecular complexity index is 746. The van der Waals surface area contributed by atoms with Crippen molar-refractivity contribution in [3.05, 3.63) is 47.6 Å². The lowest BCUT2D eigenvalue weighted by Crippen LogP contribution is -2.35. The minimum Gasteiger partial charge on any atom is -0.479 e. The number of rotatable bonds is 6. The molecule has 1 aliphatic heterocycles. The quantitative estimate of drug-likeness (QED) is 0.807. The van der Waals surface area contributed by atoms with Crippen molar-refractivity contribution in [2.45, 2.75) is 38.5 Å². The van der Waals surface area contributed by atoms with Gasteiger partial charge in [-0.15, -0.1) is 0 Å². The Morgan fingerprint density at radius 2 is 2.08 bits per heavy atom. The van der Waals surface area contributed by atoms with Crippen LogP contribution in [0.25, 0.3) is 0 Å². The Morgan fingerprint density at radius 1 is 1.32 bits per heavy atom. The molecule has 1 saturated heterocycles. The molecule has 132 valence electrons. The highest BCUT2D eigenvalue weighted by Gasteiger charge is 2.40. The highest BCUT2D eigenvalue weighted by Crippen LogP contribution is 2.26. The number of carboxylic acids is 1. The van der Waals surface area contributed by atoms with Gasteiger partial charge in [0, 0.05) is 6.42 Å². The first-order chi connectivity index (χ1) is 12.0. The lowest BCUT2D eigenvalue weighted by molar-refractivity contribution is -0.153. The number of amides is 1. The molecular formula is C17H19N3O5. The van der Waals surface area contributed by atoms with Gasteiger partial charge in [-0.25, -0.2) is 4.79 Å². The van der Waals surface area contributed by atoms with Gasteiger partial charge in [0.15, 0.2) is 11.9 Å². The molecule has 0 unspecified atom stereocenters. The third-order valence-corrected chi connectivity index (χ3v) is 4.08. The molecule has 0 bridgehead atoms. The highest BCUT2D eigenvalue weighted by atomic mass is 16.5. The number of benzene rings is 1. The zero-order chi connectivity index (χ0) is 17.8. The van der Waals surface area contributed by atoms with E-state index in [1.165, 1.54) is 0 Å². The van der Waals surface area contributed by atoms with Gasteiger partial charge in [0.1, 0.15) is 6.10 Å². The summed E-state index contributed by atoms with van der Waals surface area (Å²) in [4.78, 5) is 27.4. The van der Waals surface area contributed by atoms with Crippen LogP contribution in [-0.2, 0) is 27.3 Å². The number of carbonyl (C=O) groups excluding carboxylic acids is 1.